The van der Waals surface area contributed by atoms with Crippen molar-refractivity contribution in [1.82, 2.24) is 5.32 Å². The fourth-order valence-corrected chi connectivity index (χ4v) is 2.80. The van der Waals surface area contributed by atoms with Crippen LogP contribution in [-0.2, 0) is 9.59 Å². The molecule has 0 radical (unpaired) electrons. The van der Waals surface area contributed by atoms with Crippen molar-refractivity contribution in [3.05, 3.63) is 28.2 Å². The molecule has 1 fully saturated rings. The van der Waals surface area contributed by atoms with Crippen molar-refractivity contribution in [3.63, 3.8) is 0 Å². The summed E-state index contributed by atoms with van der Waals surface area (Å²) in [7, 11) is 0. The minimum absolute atomic E-state index is 0.0416. The van der Waals surface area contributed by atoms with Gasteiger partial charge in [-0.05, 0) is 44.0 Å². The van der Waals surface area contributed by atoms with Crippen molar-refractivity contribution in [2.75, 3.05) is 4.90 Å². The lowest BCUT2D eigenvalue weighted by atomic mass is 10.0. The third kappa shape index (κ3) is 2.52. The van der Waals surface area contributed by atoms with Crippen LogP contribution in [0.2, 0.25) is 0 Å². The van der Waals surface area contributed by atoms with Crippen molar-refractivity contribution in [3.8, 4) is 0 Å². The molecule has 1 aliphatic rings. The molecule has 1 heterocycles. The van der Waals surface area contributed by atoms with Gasteiger partial charge in [0.1, 0.15) is 12.1 Å². The maximum absolute atomic E-state index is 12.4. The van der Waals surface area contributed by atoms with Gasteiger partial charge in [-0.3, -0.25) is 14.5 Å². The quantitative estimate of drug-likeness (QED) is 0.908. The highest BCUT2D eigenvalue weighted by atomic mass is 79.9. The van der Waals surface area contributed by atoms with E-state index in [2.05, 4.69) is 21.2 Å². The first-order chi connectivity index (χ1) is 8.95. The number of benzene rings is 1. The summed E-state index contributed by atoms with van der Waals surface area (Å²) >= 11 is 3.41. The molecule has 2 atom stereocenters. The Balaban J connectivity index is 2.45. The van der Waals surface area contributed by atoms with Crippen molar-refractivity contribution >= 4 is 33.4 Å². The van der Waals surface area contributed by atoms with Gasteiger partial charge in [-0.2, -0.15) is 0 Å². The number of piperazine rings is 1. The average Bonchev–Trinajstić information content (AvgIpc) is 2.36. The summed E-state index contributed by atoms with van der Waals surface area (Å²) in [6.45, 7) is 5.58. The molecule has 2 rings (SSSR count). The number of hydrogen-bond acceptors (Lipinski definition) is 2. The minimum Gasteiger partial charge on any atom is -0.343 e. The van der Waals surface area contributed by atoms with E-state index in [0.29, 0.717) is 6.42 Å². The summed E-state index contributed by atoms with van der Waals surface area (Å²) in [6, 6.07) is 4.81. The van der Waals surface area contributed by atoms with E-state index in [1.165, 1.54) is 0 Å². The Labute approximate surface area is 121 Å². The van der Waals surface area contributed by atoms with E-state index in [4.69, 9.17) is 0 Å². The molecule has 2 amide bonds. The number of carbonyl (C=O) groups excluding carboxylic acids is 2. The lowest BCUT2D eigenvalue weighted by molar-refractivity contribution is -0.133. The Hall–Kier alpha value is -1.36. The van der Waals surface area contributed by atoms with E-state index in [0.717, 1.165) is 15.7 Å². The van der Waals surface area contributed by atoms with Crippen LogP contribution < -0.4 is 10.2 Å². The number of nitrogens with one attached hydrogen (secondary N) is 1. The molecule has 1 aromatic rings. The minimum atomic E-state index is -0.477. The number of halogens is 1. The van der Waals surface area contributed by atoms with E-state index >= 15 is 0 Å². The van der Waals surface area contributed by atoms with Gasteiger partial charge in [0.05, 0.1) is 0 Å². The van der Waals surface area contributed by atoms with Crippen molar-refractivity contribution in [1.29, 1.82) is 0 Å². The van der Waals surface area contributed by atoms with E-state index in [1.807, 2.05) is 32.0 Å². The molecule has 0 aliphatic carbocycles. The molecule has 0 bridgehead atoms. The number of nitrogens with zero attached hydrogens (tertiary/aromatic N) is 1. The second-order valence-corrected chi connectivity index (χ2v) is 5.70. The molecular weight excluding hydrogens is 308 g/mol. The molecule has 0 aromatic heterocycles. The average molecular weight is 325 g/mol. The van der Waals surface area contributed by atoms with Gasteiger partial charge in [0.15, 0.2) is 0 Å². The van der Waals surface area contributed by atoms with Gasteiger partial charge in [0.2, 0.25) is 11.8 Å². The van der Waals surface area contributed by atoms with Crippen LogP contribution in [0.25, 0.3) is 0 Å². The number of carbonyl (C=O) groups is 2. The molecule has 1 aromatic carbocycles. The molecule has 2 unspecified atom stereocenters. The fraction of sp³-hybridized carbons (Fsp3) is 0.429. The first kappa shape index (κ1) is 14.1. The molecule has 0 spiro atoms. The number of anilines is 1. The zero-order chi connectivity index (χ0) is 14.2. The van der Waals surface area contributed by atoms with E-state index < -0.39 is 12.1 Å². The molecule has 102 valence electrons. The van der Waals surface area contributed by atoms with Crippen molar-refractivity contribution in [2.24, 2.45) is 0 Å². The number of rotatable bonds is 2. The van der Waals surface area contributed by atoms with Gasteiger partial charge < -0.3 is 5.32 Å². The van der Waals surface area contributed by atoms with Gasteiger partial charge in [-0.15, -0.1) is 0 Å². The summed E-state index contributed by atoms with van der Waals surface area (Å²) in [4.78, 5) is 26.0. The molecule has 0 saturated carbocycles. The number of hydrogen-bond donors (Lipinski definition) is 1. The zero-order valence-corrected chi connectivity index (χ0v) is 12.8. The Bertz CT molecular complexity index is 530. The standard InChI is InChI=1S/C14H17BrN2O2/c1-4-11-14(19)17(9(3)13(18)16-11)12-6-5-10(15)7-8(12)2/h5-7,9,11H,4H2,1-3H3,(H,16,18). The van der Waals surface area contributed by atoms with Crippen LogP contribution in [-0.4, -0.2) is 23.9 Å². The van der Waals surface area contributed by atoms with E-state index in [9.17, 15) is 9.59 Å². The molecule has 1 aliphatic heterocycles. The SMILES string of the molecule is CCC1NC(=O)C(C)N(c2ccc(Br)cc2C)C1=O. The Morgan fingerprint density at radius 2 is 2.05 bits per heavy atom. The van der Waals surface area contributed by atoms with Crippen LogP contribution in [0, 0.1) is 6.92 Å². The largest absolute Gasteiger partial charge is 0.343 e. The van der Waals surface area contributed by atoms with Crippen LogP contribution in [0.3, 0.4) is 0 Å². The lowest BCUT2D eigenvalue weighted by Gasteiger charge is -2.37. The topological polar surface area (TPSA) is 49.4 Å². The molecule has 4 nitrogen and oxygen atoms in total. The zero-order valence-electron chi connectivity index (χ0n) is 11.2. The van der Waals surface area contributed by atoms with Gasteiger partial charge >= 0.3 is 0 Å². The van der Waals surface area contributed by atoms with Crippen LogP contribution in [0.4, 0.5) is 5.69 Å². The Morgan fingerprint density at radius 1 is 1.37 bits per heavy atom. The summed E-state index contributed by atoms with van der Waals surface area (Å²) < 4.78 is 0.961. The first-order valence-electron chi connectivity index (χ1n) is 6.35. The predicted octanol–water partition coefficient (Wildman–Crippen LogP) is 2.39. The van der Waals surface area contributed by atoms with Gasteiger partial charge in [0.25, 0.3) is 0 Å². The third-order valence-electron chi connectivity index (χ3n) is 3.45. The van der Waals surface area contributed by atoms with Gasteiger partial charge in [0, 0.05) is 10.2 Å². The maximum Gasteiger partial charge on any atom is 0.250 e. The molecule has 1 saturated heterocycles. The van der Waals surface area contributed by atoms with Crippen LogP contribution >= 0.6 is 15.9 Å². The highest BCUT2D eigenvalue weighted by Crippen LogP contribution is 2.28. The monoisotopic (exact) mass is 324 g/mol. The molecular formula is C14H17BrN2O2. The van der Waals surface area contributed by atoms with Crippen LogP contribution in [0.1, 0.15) is 25.8 Å². The molecule has 19 heavy (non-hydrogen) atoms. The molecule has 5 heteroatoms. The highest BCUT2D eigenvalue weighted by Gasteiger charge is 2.38. The van der Waals surface area contributed by atoms with E-state index in [-0.39, 0.29) is 11.8 Å². The van der Waals surface area contributed by atoms with Crippen LogP contribution in [0.15, 0.2) is 22.7 Å². The number of amides is 2. The van der Waals surface area contributed by atoms with Gasteiger partial charge in [-0.25, -0.2) is 0 Å². The van der Waals surface area contributed by atoms with Crippen molar-refractivity contribution in [2.45, 2.75) is 39.3 Å². The maximum atomic E-state index is 12.4. The molecule has 1 N–H and O–H groups in total. The third-order valence-corrected chi connectivity index (χ3v) is 3.94. The van der Waals surface area contributed by atoms with Crippen molar-refractivity contribution < 1.29 is 9.59 Å². The smallest absolute Gasteiger partial charge is 0.250 e. The van der Waals surface area contributed by atoms with Gasteiger partial charge in [-0.1, -0.05) is 22.9 Å². The fourth-order valence-electron chi connectivity index (χ4n) is 2.32. The summed E-state index contributed by atoms with van der Waals surface area (Å²) in [5.74, 6) is -0.145. The normalized spacial score (nSPS) is 23.5. The summed E-state index contributed by atoms with van der Waals surface area (Å²) in [5.41, 5.74) is 1.77. The Kier molecular flexibility index (Phi) is 3.94. The highest BCUT2D eigenvalue weighted by molar-refractivity contribution is 9.10. The van der Waals surface area contributed by atoms with Crippen LogP contribution in [0.5, 0.6) is 0 Å². The summed E-state index contributed by atoms with van der Waals surface area (Å²) in [5, 5.41) is 2.76. The number of aryl methyl sites for hydroxylation is 1. The van der Waals surface area contributed by atoms with E-state index in [1.54, 1.807) is 11.8 Å². The second kappa shape index (κ2) is 5.33. The first-order valence-corrected chi connectivity index (χ1v) is 7.14. The second-order valence-electron chi connectivity index (χ2n) is 4.78. The Morgan fingerprint density at radius 3 is 2.63 bits per heavy atom. The summed E-state index contributed by atoms with van der Waals surface area (Å²) in [6.07, 6.45) is 0.601. The predicted molar refractivity (Wildman–Crippen MR) is 78.0 cm³/mol. The lowest BCUT2D eigenvalue weighted by Crippen LogP contribution is -2.62.